The van der Waals surface area contributed by atoms with E-state index in [1.807, 2.05) is 101 Å². The molecule has 3 aliphatic rings. The quantitative estimate of drug-likeness (QED) is 0.261. The largest absolute Gasteiger partial charge is 0.358 e. The maximum atomic E-state index is 14.9. The van der Waals surface area contributed by atoms with E-state index in [2.05, 4.69) is 19.2 Å². The molecule has 1 fully saturated rings. The van der Waals surface area contributed by atoms with E-state index in [1.54, 1.807) is 6.07 Å². The van der Waals surface area contributed by atoms with E-state index in [0.717, 1.165) is 28.7 Å². The van der Waals surface area contributed by atoms with E-state index in [-0.39, 0.29) is 17.5 Å². The van der Waals surface area contributed by atoms with Crippen LogP contribution in [0.4, 0.5) is 5.69 Å². The fraction of sp³-hybridized carbons (Fsp3) is 0.229. The van der Waals surface area contributed by atoms with Crippen LogP contribution in [0.3, 0.4) is 0 Å². The number of rotatable bonds is 6. The fourth-order valence-corrected chi connectivity index (χ4v) is 7.89. The Hall–Kier alpha value is -4.29. The number of para-hydroxylation sites is 1. The summed E-state index contributed by atoms with van der Waals surface area (Å²) in [6, 6.07) is 25.6. The summed E-state index contributed by atoms with van der Waals surface area (Å²) in [5.41, 5.74) is 3.75. The molecular formula is C35H30N2O3S. The number of fused-ring (bicyclic) bond motifs is 6. The first-order valence-electron chi connectivity index (χ1n) is 14.1. The summed E-state index contributed by atoms with van der Waals surface area (Å²) in [5, 5.41) is 4.98. The monoisotopic (exact) mass is 558 g/mol. The van der Waals surface area contributed by atoms with E-state index in [0.29, 0.717) is 22.0 Å². The molecule has 6 heteroatoms. The number of Topliss-reactive ketones (excluding diaryl/α,β-unsaturated/α-hetero) is 2. The second-order valence-corrected chi connectivity index (χ2v) is 12.5. The maximum Gasteiger partial charge on any atom is 0.238 e. The van der Waals surface area contributed by atoms with Crippen LogP contribution >= 0.6 is 11.3 Å². The van der Waals surface area contributed by atoms with Gasteiger partial charge < -0.3 is 10.2 Å². The van der Waals surface area contributed by atoms with Gasteiger partial charge in [0.1, 0.15) is 11.5 Å². The first-order valence-corrected chi connectivity index (χ1v) is 15.0. The Labute approximate surface area is 243 Å². The molecule has 0 saturated carbocycles. The molecule has 1 N–H and O–H groups in total. The molecule has 0 radical (unpaired) electrons. The Bertz CT molecular complexity index is 1710. The highest BCUT2D eigenvalue weighted by Crippen LogP contribution is 2.62. The molecule has 3 aromatic carbocycles. The highest BCUT2D eigenvalue weighted by atomic mass is 32.1. The van der Waals surface area contributed by atoms with Crippen LogP contribution < -0.4 is 5.32 Å². The van der Waals surface area contributed by atoms with Crippen LogP contribution in [0.25, 0.3) is 6.08 Å². The van der Waals surface area contributed by atoms with Gasteiger partial charge >= 0.3 is 0 Å². The fourth-order valence-electron chi connectivity index (χ4n) is 7.19. The molecule has 1 saturated heterocycles. The van der Waals surface area contributed by atoms with Gasteiger partial charge in [-0.2, -0.15) is 0 Å². The third-order valence-corrected chi connectivity index (χ3v) is 9.65. The molecule has 204 valence electrons. The Morgan fingerprint density at radius 2 is 1.68 bits per heavy atom. The SMILES string of the molecule is CC(C)Cc1ccc(C(=O)[C@@H]2[C@H](C(=O)c3cccs3)N3C=Cc4ccccc4[C@H]3[C@]23C(=O)Nc2ccccc23)cc1. The van der Waals surface area contributed by atoms with Gasteiger partial charge in [-0.25, -0.2) is 0 Å². The highest BCUT2D eigenvalue weighted by Gasteiger charge is 2.70. The van der Waals surface area contributed by atoms with Crippen molar-refractivity contribution in [2.75, 3.05) is 5.32 Å². The van der Waals surface area contributed by atoms with Crippen molar-refractivity contribution in [2.24, 2.45) is 11.8 Å². The van der Waals surface area contributed by atoms with Gasteiger partial charge in [0.15, 0.2) is 11.6 Å². The van der Waals surface area contributed by atoms with E-state index < -0.39 is 23.4 Å². The third-order valence-electron chi connectivity index (χ3n) is 8.77. The van der Waals surface area contributed by atoms with Crippen molar-refractivity contribution in [1.82, 2.24) is 4.90 Å². The predicted molar refractivity (Wildman–Crippen MR) is 162 cm³/mol. The van der Waals surface area contributed by atoms with Crippen LogP contribution in [0.2, 0.25) is 0 Å². The number of ketones is 2. The van der Waals surface area contributed by atoms with Gasteiger partial charge in [-0.05, 0) is 58.2 Å². The van der Waals surface area contributed by atoms with Crippen LogP contribution in [0, 0.1) is 11.8 Å². The lowest BCUT2D eigenvalue weighted by Crippen LogP contribution is -2.49. The summed E-state index contributed by atoms with van der Waals surface area (Å²) >= 11 is 1.37. The van der Waals surface area contributed by atoms with E-state index in [1.165, 1.54) is 11.3 Å². The number of amides is 1. The summed E-state index contributed by atoms with van der Waals surface area (Å²) in [6.07, 6.45) is 4.81. The van der Waals surface area contributed by atoms with Gasteiger partial charge in [-0.15, -0.1) is 11.3 Å². The number of nitrogens with zero attached hydrogens (tertiary/aromatic N) is 1. The molecular weight excluding hydrogens is 528 g/mol. The topological polar surface area (TPSA) is 66.5 Å². The van der Waals surface area contributed by atoms with Crippen molar-refractivity contribution < 1.29 is 14.4 Å². The molecule has 1 amide bonds. The number of benzene rings is 3. The molecule has 1 aromatic heterocycles. The summed E-state index contributed by atoms with van der Waals surface area (Å²) in [4.78, 5) is 46.3. The van der Waals surface area contributed by atoms with Crippen LogP contribution in [-0.2, 0) is 16.6 Å². The van der Waals surface area contributed by atoms with E-state index in [4.69, 9.17) is 0 Å². The maximum absolute atomic E-state index is 14.9. The lowest BCUT2D eigenvalue weighted by atomic mass is 9.62. The lowest BCUT2D eigenvalue weighted by molar-refractivity contribution is -0.122. The first kappa shape index (κ1) is 25.7. The normalized spacial score (nSPS) is 23.8. The van der Waals surface area contributed by atoms with Gasteiger partial charge in [-0.1, -0.05) is 86.6 Å². The summed E-state index contributed by atoms with van der Waals surface area (Å²) in [6.45, 7) is 4.33. The third kappa shape index (κ3) is 3.77. The van der Waals surface area contributed by atoms with Gasteiger partial charge in [0, 0.05) is 17.5 Å². The standard InChI is InChI=1S/C35H30N2O3S/c1-21(2)20-22-13-15-24(16-14-22)31(38)29-30(32(39)28-12-7-19-41-28)37-18-17-23-8-3-4-9-25(23)33(37)35(29)26-10-5-6-11-27(26)36-34(35)40/h3-19,21,29-30,33H,20H2,1-2H3,(H,36,40)/t29-,30+,33-,35+/m0/s1. The summed E-state index contributed by atoms with van der Waals surface area (Å²) in [5.74, 6) is -1.03. The zero-order chi connectivity index (χ0) is 28.3. The van der Waals surface area contributed by atoms with Gasteiger partial charge in [0.05, 0.1) is 16.8 Å². The highest BCUT2D eigenvalue weighted by molar-refractivity contribution is 7.12. The molecule has 0 unspecified atom stereocenters. The van der Waals surface area contributed by atoms with Crippen LogP contribution in [0.1, 0.15) is 62.2 Å². The molecule has 0 bridgehead atoms. The molecule has 0 aliphatic carbocycles. The van der Waals surface area contributed by atoms with Crippen molar-refractivity contribution in [3.8, 4) is 0 Å². The average Bonchev–Trinajstić information content (AvgIpc) is 3.69. The van der Waals surface area contributed by atoms with E-state index in [9.17, 15) is 14.4 Å². The molecule has 1 spiro atoms. The minimum Gasteiger partial charge on any atom is -0.358 e. The van der Waals surface area contributed by atoms with Crippen LogP contribution in [0.15, 0.2) is 96.5 Å². The number of hydrogen-bond acceptors (Lipinski definition) is 5. The Balaban J connectivity index is 1.48. The zero-order valence-electron chi connectivity index (χ0n) is 22.9. The number of thiophene rings is 1. The number of hydrogen-bond donors (Lipinski definition) is 1. The van der Waals surface area contributed by atoms with Crippen molar-refractivity contribution in [3.63, 3.8) is 0 Å². The molecule has 5 nitrogen and oxygen atoms in total. The van der Waals surface area contributed by atoms with Gasteiger partial charge in [0.2, 0.25) is 5.91 Å². The lowest BCUT2D eigenvalue weighted by Gasteiger charge is -2.38. The van der Waals surface area contributed by atoms with Crippen molar-refractivity contribution in [3.05, 3.63) is 129 Å². The van der Waals surface area contributed by atoms with Crippen molar-refractivity contribution in [2.45, 2.75) is 37.8 Å². The minimum absolute atomic E-state index is 0.141. The average molecular weight is 559 g/mol. The van der Waals surface area contributed by atoms with Crippen molar-refractivity contribution >= 4 is 40.6 Å². The smallest absolute Gasteiger partial charge is 0.238 e. The van der Waals surface area contributed by atoms with Gasteiger partial charge in [0.25, 0.3) is 0 Å². The van der Waals surface area contributed by atoms with Crippen LogP contribution in [-0.4, -0.2) is 28.4 Å². The first-order chi connectivity index (χ1) is 19.9. The predicted octanol–water partition coefficient (Wildman–Crippen LogP) is 6.93. The second kappa shape index (κ2) is 9.67. The van der Waals surface area contributed by atoms with Crippen LogP contribution in [0.5, 0.6) is 0 Å². The number of carbonyl (C=O) groups excluding carboxylic acids is 3. The number of nitrogens with one attached hydrogen (secondary N) is 1. The molecule has 3 aliphatic heterocycles. The molecule has 4 atom stereocenters. The summed E-state index contributed by atoms with van der Waals surface area (Å²) < 4.78 is 0. The Morgan fingerprint density at radius 3 is 2.44 bits per heavy atom. The van der Waals surface area contributed by atoms with E-state index >= 15 is 0 Å². The summed E-state index contributed by atoms with van der Waals surface area (Å²) in [7, 11) is 0. The van der Waals surface area contributed by atoms with Gasteiger partial charge in [-0.3, -0.25) is 14.4 Å². The molecule has 41 heavy (non-hydrogen) atoms. The second-order valence-electron chi connectivity index (χ2n) is 11.6. The number of carbonyl (C=O) groups is 3. The minimum atomic E-state index is -1.30. The molecule has 4 aromatic rings. The Kier molecular flexibility index (Phi) is 6.05. The molecule has 4 heterocycles. The molecule has 7 rings (SSSR count). The van der Waals surface area contributed by atoms with Crippen molar-refractivity contribution in [1.29, 1.82) is 0 Å². The Morgan fingerprint density at radius 1 is 0.927 bits per heavy atom. The number of anilines is 1. The zero-order valence-corrected chi connectivity index (χ0v) is 23.7.